The molecular formula is C10H8ClF3INO3. The number of aromatic nitrogens is 1. The molecule has 1 heterocycles. The van der Waals surface area contributed by atoms with E-state index in [-0.39, 0.29) is 27.3 Å². The normalized spacial score (nSPS) is 11.3. The Balaban J connectivity index is 3.17. The number of halogens is 5. The van der Waals surface area contributed by atoms with Crippen LogP contribution in [0.4, 0.5) is 13.2 Å². The van der Waals surface area contributed by atoms with Crippen LogP contribution in [0.1, 0.15) is 11.4 Å². The molecule has 0 bridgehead atoms. The average molecular weight is 410 g/mol. The molecule has 0 aromatic carbocycles. The summed E-state index contributed by atoms with van der Waals surface area (Å²) in [5.74, 6) is -1.15. The number of ether oxygens (including phenoxy) is 2. The molecule has 0 saturated heterocycles. The van der Waals surface area contributed by atoms with E-state index in [1.807, 2.05) is 0 Å². The first kappa shape index (κ1) is 16.3. The van der Waals surface area contributed by atoms with Crippen LogP contribution >= 0.6 is 34.2 Å². The highest BCUT2D eigenvalue weighted by atomic mass is 127. The molecule has 0 aliphatic heterocycles. The van der Waals surface area contributed by atoms with Crippen molar-refractivity contribution >= 4 is 40.2 Å². The van der Waals surface area contributed by atoms with Crippen molar-refractivity contribution in [1.82, 2.24) is 4.98 Å². The van der Waals surface area contributed by atoms with E-state index in [1.165, 1.54) is 7.11 Å². The molecular weight excluding hydrogens is 401 g/mol. The maximum Gasteiger partial charge on any atom is 0.573 e. The first-order valence-electron chi connectivity index (χ1n) is 4.83. The molecule has 1 aromatic rings. The Hall–Kier alpha value is -0.770. The van der Waals surface area contributed by atoms with Crippen molar-refractivity contribution in [2.45, 2.75) is 18.7 Å². The molecule has 106 valence electrons. The summed E-state index contributed by atoms with van der Waals surface area (Å²) in [6.07, 6.45) is -5.08. The minimum Gasteiger partial charge on any atom is -0.469 e. The van der Waals surface area contributed by atoms with Gasteiger partial charge >= 0.3 is 12.3 Å². The van der Waals surface area contributed by atoms with Crippen molar-refractivity contribution in [3.05, 3.63) is 21.0 Å². The number of carbonyl (C=O) groups excluding carboxylic acids is 1. The van der Waals surface area contributed by atoms with Crippen molar-refractivity contribution in [2.24, 2.45) is 0 Å². The molecule has 19 heavy (non-hydrogen) atoms. The molecule has 0 aliphatic carbocycles. The zero-order valence-electron chi connectivity index (χ0n) is 9.55. The lowest BCUT2D eigenvalue weighted by atomic mass is 10.2. The van der Waals surface area contributed by atoms with Gasteiger partial charge in [-0.15, -0.1) is 24.8 Å². The predicted molar refractivity (Wildman–Crippen MR) is 68.9 cm³/mol. The highest BCUT2D eigenvalue weighted by Crippen LogP contribution is 2.30. The van der Waals surface area contributed by atoms with Crippen molar-refractivity contribution in [2.75, 3.05) is 7.11 Å². The lowest BCUT2D eigenvalue weighted by Gasteiger charge is -2.13. The lowest BCUT2D eigenvalue weighted by molar-refractivity contribution is -0.275. The van der Waals surface area contributed by atoms with Gasteiger partial charge in [-0.25, -0.2) is 0 Å². The van der Waals surface area contributed by atoms with Crippen LogP contribution in [-0.4, -0.2) is 24.4 Å². The zero-order valence-corrected chi connectivity index (χ0v) is 12.5. The van der Waals surface area contributed by atoms with Crippen LogP contribution in [0.2, 0.25) is 0 Å². The number of carbonyl (C=O) groups is 1. The molecule has 0 spiro atoms. The standard InChI is InChI=1S/C10H8ClF3INO3/c1-18-8(17)3-6-9(15)7(19-10(12,13)14)2-5(4-11)16-6/h2H,3-4H2,1H3. The number of hydrogen-bond donors (Lipinski definition) is 0. The van der Waals surface area contributed by atoms with E-state index in [9.17, 15) is 18.0 Å². The molecule has 0 unspecified atom stereocenters. The predicted octanol–water partition coefficient (Wildman–Crippen LogP) is 3.04. The van der Waals surface area contributed by atoms with E-state index in [0.29, 0.717) is 0 Å². The highest BCUT2D eigenvalue weighted by Gasteiger charge is 2.33. The Morgan fingerprint density at radius 1 is 1.53 bits per heavy atom. The van der Waals surface area contributed by atoms with E-state index in [2.05, 4.69) is 14.5 Å². The van der Waals surface area contributed by atoms with Crippen LogP contribution in [0.25, 0.3) is 0 Å². The number of nitrogens with zero attached hydrogens (tertiary/aromatic N) is 1. The summed E-state index contributed by atoms with van der Waals surface area (Å²) in [6, 6.07) is 1.09. The third-order valence-electron chi connectivity index (χ3n) is 1.95. The molecule has 0 aliphatic rings. The molecule has 0 amide bonds. The molecule has 4 nitrogen and oxygen atoms in total. The fraction of sp³-hybridized carbons (Fsp3) is 0.400. The fourth-order valence-electron chi connectivity index (χ4n) is 1.21. The summed E-state index contributed by atoms with van der Waals surface area (Å²) in [7, 11) is 1.17. The second-order valence-corrected chi connectivity index (χ2v) is 4.65. The molecule has 0 N–H and O–H groups in total. The molecule has 1 rings (SSSR count). The van der Waals surface area contributed by atoms with Gasteiger partial charge in [0.15, 0.2) is 0 Å². The quantitative estimate of drug-likeness (QED) is 0.436. The van der Waals surface area contributed by atoms with Gasteiger partial charge in [-0.1, -0.05) is 0 Å². The van der Waals surface area contributed by atoms with Crippen molar-refractivity contribution in [3.63, 3.8) is 0 Å². The molecule has 0 saturated carbocycles. The molecule has 9 heteroatoms. The number of alkyl halides is 4. The van der Waals surface area contributed by atoms with Crippen molar-refractivity contribution < 1.29 is 27.4 Å². The van der Waals surface area contributed by atoms with E-state index in [4.69, 9.17) is 11.6 Å². The summed E-state index contributed by atoms with van der Waals surface area (Å²) in [5, 5.41) is 0. The Bertz CT molecular complexity index is 482. The third kappa shape index (κ3) is 5.01. The second-order valence-electron chi connectivity index (χ2n) is 3.31. The SMILES string of the molecule is COC(=O)Cc1nc(CCl)cc(OC(F)(F)F)c1I. The van der Waals surface area contributed by atoms with Crippen LogP contribution < -0.4 is 4.74 Å². The number of pyridine rings is 1. The Labute approximate surface area is 125 Å². The summed E-state index contributed by atoms with van der Waals surface area (Å²) in [6.45, 7) is 0. The summed E-state index contributed by atoms with van der Waals surface area (Å²) in [5.41, 5.74) is 0.310. The monoisotopic (exact) mass is 409 g/mol. The van der Waals surface area contributed by atoms with Gasteiger partial charge in [0.05, 0.1) is 34.4 Å². The topological polar surface area (TPSA) is 48.4 Å². The average Bonchev–Trinajstić information content (AvgIpc) is 2.32. The van der Waals surface area contributed by atoms with Crippen LogP contribution in [-0.2, 0) is 21.8 Å². The number of hydrogen-bond acceptors (Lipinski definition) is 4. The van der Waals surface area contributed by atoms with Crippen LogP contribution in [0.3, 0.4) is 0 Å². The lowest BCUT2D eigenvalue weighted by Crippen LogP contribution is -2.19. The highest BCUT2D eigenvalue weighted by molar-refractivity contribution is 14.1. The van der Waals surface area contributed by atoms with E-state index >= 15 is 0 Å². The van der Waals surface area contributed by atoms with Gasteiger partial charge in [-0.2, -0.15) is 0 Å². The number of esters is 1. The minimum absolute atomic E-state index is 0.0918. The minimum atomic E-state index is -4.83. The molecule has 1 aromatic heterocycles. The van der Waals surface area contributed by atoms with Gasteiger partial charge in [0.1, 0.15) is 5.75 Å². The Morgan fingerprint density at radius 2 is 2.16 bits per heavy atom. The van der Waals surface area contributed by atoms with Crippen LogP contribution in [0.5, 0.6) is 5.75 Å². The molecule has 0 radical (unpaired) electrons. The van der Waals surface area contributed by atoms with Gasteiger partial charge < -0.3 is 9.47 Å². The van der Waals surface area contributed by atoms with Crippen LogP contribution in [0.15, 0.2) is 6.07 Å². The fourth-order valence-corrected chi connectivity index (χ4v) is 1.92. The van der Waals surface area contributed by atoms with Crippen molar-refractivity contribution in [1.29, 1.82) is 0 Å². The van der Waals surface area contributed by atoms with Gasteiger partial charge in [-0.05, 0) is 22.6 Å². The van der Waals surface area contributed by atoms with Crippen molar-refractivity contribution in [3.8, 4) is 5.75 Å². The number of methoxy groups -OCH3 is 1. The first-order chi connectivity index (χ1) is 8.76. The summed E-state index contributed by atoms with van der Waals surface area (Å²) in [4.78, 5) is 15.1. The van der Waals surface area contributed by atoms with Gasteiger partial charge in [0.25, 0.3) is 0 Å². The molecule has 0 fully saturated rings. The Kier molecular flexibility index (Phi) is 5.65. The zero-order chi connectivity index (χ0) is 14.6. The van der Waals surface area contributed by atoms with Gasteiger partial charge in [0.2, 0.25) is 0 Å². The first-order valence-corrected chi connectivity index (χ1v) is 6.45. The maximum absolute atomic E-state index is 12.2. The maximum atomic E-state index is 12.2. The largest absolute Gasteiger partial charge is 0.573 e. The second kappa shape index (κ2) is 6.60. The van der Waals surface area contributed by atoms with Gasteiger partial charge in [0, 0.05) is 6.07 Å². The van der Waals surface area contributed by atoms with E-state index in [1.54, 1.807) is 22.6 Å². The van der Waals surface area contributed by atoms with E-state index < -0.39 is 18.1 Å². The molecule has 0 atom stereocenters. The third-order valence-corrected chi connectivity index (χ3v) is 3.38. The smallest absolute Gasteiger partial charge is 0.469 e. The Morgan fingerprint density at radius 3 is 2.63 bits per heavy atom. The number of rotatable bonds is 4. The van der Waals surface area contributed by atoms with E-state index in [0.717, 1.165) is 6.07 Å². The summed E-state index contributed by atoms with van der Waals surface area (Å²) < 4.78 is 45.2. The van der Waals surface area contributed by atoms with Crippen LogP contribution in [0, 0.1) is 3.57 Å². The summed E-state index contributed by atoms with van der Waals surface area (Å²) >= 11 is 7.17. The van der Waals surface area contributed by atoms with Gasteiger partial charge in [-0.3, -0.25) is 9.78 Å².